The van der Waals surface area contributed by atoms with Crippen molar-refractivity contribution in [2.24, 2.45) is 0 Å². The molecule has 0 aromatic heterocycles. The second-order valence-corrected chi connectivity index (χ2v) is 3.83. The predicted octanol–water partition coefficient (Wildman–Crippen LogP) is 0.406. The molecule has 2 atom stereocenters. The number of esters is 1. The second-order valence-electron chi connectivity index (χ2n) is 3.83. The minimum absolute atomic E-state index is 0.0858. The quantitative estimate of drug-likeness (QED) is 0.578. The highest BCUT2D eigenvalue weighted by molar-refractivity contribution is 5.79. The highest BCUT2D eigenvalue weighted by atomic mass is 16.5. The van der Waals surface area contributed by atoms with Crippen molar-refractivity contribution in [3.63, 3.8) is 0 Å². The van der Waals surface area contributed by atoms with Gasteiger partial charge < -0.3 is 9.84 Å². The molecule has 1 fully saturated rings. The Hall–Kier alpha value is -1.39. The summed E-state index contributed by atoms with van der Waals surface area (Å²) in [4.78, 5) is 13.4. The highest BCUT2D eigenvalue weighted by Crippen LogP contribution is 2.18. The van der Waals surface area contributed by atoms with Crippen molar-refractivity contribution >= 4 is 5.97 Å². The molecule has 16 heavy (non-hydrogen) atoms. The fraction of sp³-hybridized carbons (Fsp3) is 0.417. The Labute approximate surface area is 94.4 Å². The highest BCUT2D eigenvalue weighted by Gasteiger charge is 2.40. The summed E-state index contributed by atoms with van der Waals surface area (Å²) in [7, 11) is 0. The second kappa shape index (κ2) is 5.09. The van der Waals surface area contributed by atoms with Crippen LogP contribution in [-0.2, 0) is 16.1 Å². The zero-order valence-electron chi connectivity index (χ0n) is 9.00. The van der Waals surface area contributed by atoms with Crippen LogP contribution in [0, 0.1) is 0 Å². The lowest BCUT2D eigenvalue weighted by atomic mass is 10.2. The number of hydrogen-bond acceptors (Lipinski definition) is 4. The van der Waals surface area contributed by atoms with Gasteiger partial charge in [0.1, 0.15) is 12.6 Å². The van der Waals surface area contributed by atoms with Gasteiger partial charge in [0.25, 0.3) is 0 Å². The minimum Gasteiger partial charge on any atom is -0.460 e. The Bertz CT molecular complexity index is 353. The molecule has 0 spiro atoms. The van der Waals surface area contributed by atoms with E-state index in [2.05, 4.69) is 0 Å². The van der Waals surface area contributed by atoms with Crippen molar-refractivity contribution in [2.75, 3.05) is 19.7 Å². The lowest BCUT2D eigenvalue weighted by molar-refractivity contribution is -0.145. The lowest BCUT2D eigenvalue weighted by Gasteiger charge is -2.04. The monoisotopic (exact) mass is 221 g/mol. The van der Waals surface area contributed by atoms with Gasteiger partial charge in [0, 0.05) is 13.1 Å². The van der Waals surface area contributed by atoms with Crippen LogP contribution in [0.2, 0.25) is 0 Å². The molecular weight excluding hydrogens is 206 g/mol. The van der Waals surface area contributed by atoms with Crippen molar-refractivity contribution in [1.29, 1.82) is 0 Å². The molecule has 2 rings (SSSR count). The molecule has 1 heterocycles. The summed E-state index contributed by atoms with van der Waals surface area (Å²) >= 11 is 0. The summed E-state index contributed by atoms with van der Waals surface area (Å²) in [6.45, 7) is 1.66. The van der Waals surface area contributed by atoms with E-state index >= 15 is 0 Å². The third-order valence-electron chi connectivity index (χ3n) is 2.60. The fourth-order valence-corrected chi connectivity index (χ4v) is 1.60. The van der Waals surface area contributed by atoms with E-state index in [-0.39, 0.29) is 18.6 Å². The van der Waals surface area contributed by atoms with Crippen LogP contribution in [-0.4, -0.2) is 41.7 Å². The van der Waals surface area contributed by atoms with E-state index in [0.717, 1.165) is 5.56 Å². The summed E-state index contributed by atoms with van der Waals surface area (Å²) in [6, 6.07) is 9.46. The molecule has 1 aromatic carbocycles. The standard InChI is InChI=1S/C12H15NO3/c14-7-6-13-8-11(13)12(15)16-9-10-4-2-1-3-5-10/h1-5,11,14H,6-9H2/t11-,13?/m1/s1. The van der Waals surface area contributed by atoms with Crippen LogP contribution in [0.5, 0.6) is 0 Å². The van der Waals surface area contributed by atoms with E-state index in [0.29, 0.717) is 19.7 Å². The minimum atomic E-state index is -0.197. The van der Waals surface area contributed by atoms with E-state index in [1.54, 1.807) is 0 Å². The number of hydrogen-bond donors (Lipinski definition) is 1. The topological polar surface area (TPSA) is 49.5 Å². The van der Waals surface area contributed by atoms with Crippen LogP contribution >= 0.6 is 0 Å². The number of aliphatic hydroxyl groups excluding tert-OH is 1. The van der Waals surface area contributed by atoms with Gasteiger partial charge in [0.2, 0.25) is 0 Å². The number of carbonyl (C=O) groups excluding carboxylic acids is 1. The molecule has 0 amide bonds. The smallest absolute Gasteiger partial charge is 0.325 e. The van der Waals surface area contributed by atoms with Crippen LogP contribution in [0.1, 0.15) is 5.56 Å². The normalized spacial score (nSPS) is 22.8. The molecule has 4 nitrogen and oxygen atoms in total. The van der Waals surface area contributed by atoms with Gasteiger partial charge in [-0.05, 0) is 5.56 Å². The fourth-order valence-electron chi connectivity index (χ4n) is 1.60. The molecule has 1 aliphatic rings. The van der Waals surface area contributed by atoms with E-state index < -0.39 is 0 Å². The summed E-state index contributed by atoms with van der Waals surface area (Å²) in [5, 5.41) is 8.69. The van der Waals surface area contributed by atoms with Gasteiger partial charge in [-0.3, -0.25) is 9.69 Å². The van der Waals surface area contributed by atoms with Crippen LogP contribution in [0.25, 0.3) is 0 Å². The van der Waals surface area contributed by atoms with E-state index in [1.807, 2.05) is 35.2 Å². The molecule has 1 aliphatic heterocycles. The number of β-amino-alcohol motifs (C(OH)–C–C–N with tert-alkyl or cyclic N) is 1. The number of aliphatic hydroxyl groups is 1. The maximum absolute atomic E-state index is 11.5. The van der Waals surface area contributed by atoms with Gasteiger partial charge in [0.05, 0.1) is 6.61 Å². The third-order valence-corrected chi connectivity index (χ3v) is 2.60. The van der Waals surface area contributed by atoms with Gasteiger partial charge in [-0.25, -0.2) is 0 Å². The molecule has 0 aliphatic carbocycles. The maximum Gasteiger partial charge on any atom is 0.325 e. The first kappa shape index (κ1) is 11.1. The molecule has 0 bridgehead atoms. The Morgan fingerprint density at radius 1 is 1.44 bits per heavy atom. The Balaban J connectivity index is 1.73. The number of rotatable bonds is 5. The maximum atomic E-state index is 11.5. The number of nitrogens with zero attached hydrogens (tertiary/aromatic N) is 1. The largest absolute Gasteiger partial charge is 0.460 e. The van der Waals surface area contributed by atoms with Gasteiger partial charge >= 0.3 is 5.97 Å². The summed E-state index contributed by atoms with van der Waals surface area (Å²) in [6.07, 6.45) is 0. The van der Waals surface area contributed by atoms with Gasteiger partial charge in [-0.15, -0.1) is 0 Å². The molecule has 1 N–H and O–H groups in total. The Morgan fingerprint density at radius 2 is 2.19 bits per heavy atom. The van der Waals surface area contributed by atoms with Crippen molar-refractivity contribution in [3.05, 3.63) is 35.9 Å². The van der Waals surface area contributed by atoms with Crippen molar-refractivity contribution in [3.8, 4) is 0 Å². The first-order valence-corrected chi connectivity index (χ1v) is 5.36. The SMILES string of the molecule is O=C(OCc1ccccc1)[C@H]1CN1CCO. The van der Waals surface area contributed by atoms with Crippen LogP contribution in [0.15, 0.2) is 30.3 Å². The molecule has 4 heteroatoms. The number of ether oxygens (including phenoxy) is 1. The molecule has 0 radical (unpaired) electrons. The van der Waals surface area contributed by atoms with Gasteiger partial charge in [-0.2, -0.15) is 0 Å². The average molecular weight is 221 g/mol. The molecule has 0 saturated carbocycles. The lowest BCUT2D eigenvalue weighted by Crippen LogP contribution is -2.18. The summed E-state index contributed by atoms with van der Waals surface area (Å²) < 4.78 is 5.17. The zero-order chi connectivity index (χ0) is 11.4. The van der Waals surface area contributed by atoms with E-state index in [9.17, 15) is 4.79 Å². The van der Waals surface area contributed by atoms with E-state index in [1.165, 1.54) is 0 Å². The van der Waals surface area contributed by atoms with Gasteiger partial charge in [-0.1, -0.05) is 30.3 Å². The Morgan fingerprint density at radius 3 is 2.88 bits per heavy atom. The number of benzene rings is 1. The Kier molecular flexibility index (Phi) is 3.54. The molecular formula is C12H15NO3. The summed E-state index contributed by atoms with van der Waals surface area (Å²) in [5.74, 6) is -0.197. The van der Waals surface area contributed by atoms with Crippen LogP contribution < -0.4 is 0 Å². The van der Waals surface area contributed by atoms with Crippen molar-refractivity contribution < 1.29 is 14.6 Å². The molecule has 1 aromatic rings. The molecule has 1 unspecified atom stereocenters. The van der Waals surface area contributed by atoms with Crippen LogP contribution in [0.3, 0.4) is 0 Å². The van der Waals surface area contributed by atoms with Crippen LogP contribution in [0.4, 0.5) is 0 Å². The molecule has 86 valence electrons. The average Bonchev–Trinajstić information content (AvgIpc) is 3.07. The first-order chi connectivity index (χ1) is 7.81. The predicted molar refractivity (Wildman–Crippen MR) is 58.7 cm³/mol. The van der Waals surface area contributed by atoms with Crippen molar-refractivity contribution in [1.82, 2.24) is 4.90 Å². The third kappa shape index (κ3) is 2.81. The number of carbonyl (C=O) groups is 1. The van der Waals surface area contributed by atoms with Gasteiger partial charge in [0.15, 0.2) is 0 Å². The zero-order valence-corrected chi connectivity index (χ0v) is 9.00. The molecule has 1 saturated heterocycles. The van der Waals surface area contributed by atoms with Crippen molar-refractivity contribution in [2.45, 2.75) is 12.6 Å². The summed E-state index contributed by atoms with van der Waals surface area (Å²) in [5.41, 5.74) is 0.991. The first-order valence-electron chi connectivity index (χ1n) is 5.36. The van der Waals surface area contributed by atoms with E-state index in [4.69, 9.17) is 9.84 Å².